The maximum atomic E-state index is 14.5. The molecule has 2 aliphatic heterocycles. The highest BCUT2D eigenvalue weighted by molar-refractivity contribution is 8.18. The molecule has 13 heteroatoms. The quantitative estimate of drug-likeness (QED) is 0.403. The summed E-state index contributed by atoms with van der Waals surface area (Å²) in [5.41, 5.74) is 2.48. The van der Waals surface area contributed by atoms with Crippen LogP contribution in [0.25, 0.3) is 17.3 Å². The van der Waals surface area contributed by atoms with Gasteiger partial charge in [-0.05, 0) is 55.3 Å². The fourth-order valence-electron chi connectivity index (χ4n) is 4.36. The average Bonchev–Trinajstić information content (AvgIpc) is 3.26. The number of carbonyl (C=O) groups is 2. The van der Waals surface area contributed by atoms with Crippen molar-refractivity contribution in [1.82, 2.24) is 35.6 Å². The van der Waals surface area contributed by atoms with E-state index in [1.807, 2.05) is 19.0 Å². The number of carbonyl (C=O) groups excluding carboxylic acids is 2. The number of imide groups is 1. The Hall–Kier alpha value is -3.97. The summed E-state index contributed by atoms with van der Waals surface area (Å²) in [6.07, 6.45) is 9.75. The van der Waals surface area contributed by atoms with Gasteiger partial charge in [0, 0.05) is 63.4 Å². The van der Waals surface area contributed by atoms with Crippen molar-refractivity contribution in [2.75, 3.05) is 43.5 Å². The number of aromatic nitrogens is 5. The molecule has 0 spiro atoms. The van der Waals surface area contributed by atoms with E-state index in [9.17, 15) is 14.0 Å². The van der Waals surface area contributed by atoms with Gasteiger partial charge in [-0.2, -0.15) is 0 Å². The van der Waals surface area contributed by atoms with Crippen LogP contribution < -0.4 is 20.4 Å². The molecule has 0 saturated carbocycles. The van der Waals surface area contributed by atoms with Gasteiger partial charge < -0.3 is 15.1 Å². The largest absolute Gasteiger partial charge is 0.347 e. The molecule has 2 aliphatic rings. The van der Waals surface area contributed by atoms with Crippen LogP contribution in [-0.2, 0) is 11.3 Å². The smallest absolute Gasteiger partial charge is 0.290 e. The van der Waals surface area contributed by atoms with Crippen molar-refractivity contribution >= 4 is 40.9 Å². The van der Waals surface area contributed by atoms with Gasteiger partial charge >= 0.3 is 0 Å². The van der Waals surface area contributed by atoms with Crippen LogP contribution in [0.5, 0.6) is 0 Å². The van der Waals surface area contributed by atoms with E-state index < -0.39 is 5.91 Å². The van der Waals surface area contributed by atoms with Crippen molar-refractivity contribution in [2.45, 2.75) is 19.4 Å². The standard InChI is InChI=1S/C26H28FN9O2S/c1-35(2)24-31-13-18(14-32-24)21-9-17(20(27)15-30-21)12-28-11-16-4-7-36(8-5-16)25-29-6-3-19(33-25)10-22-23(37)34-26(38)39-22/h3,6,9-10,13-16,28H,4-5,7-8,11-12H2,1-2H3,(H,34,37,38). The molecule has 11 nitrogen and oxygen atoms in total. The zero-order chi connectivity index (χ0) is 27.4. The third kappa shape index (κ3) is 6.55. The lowest BCUT2D eigenvalue weighted by Crippen LogP contribution is -2.38. The molecule has 202 valence electrons. The summed E-state index contributed by atoms with van der Waals surface area (Å²) in [7, 11) is 3.73. The molecule has 5 rings (SSSR count). The Labute approximate surface area is 229 Å². The Kier molecular flexibility index (Phi) is 8.07. The van der Waals surface area contributed by atoms with Gasteiger partial charge in [0.05, 0.1) is 22.5 Å². The number of halogens is 1. The van der Waals surface area contributed by atoms with Crippen LogP contribution in [0.2, 0.25) is 0 Å². The number of rotatable bonds is 8. The maximum absolute atomic E-state index is 14.5. The molecule has 0 unspecified atom stereocenters. The first kappa shape index (κ1) is 26.6. The van der Waals surface area contributed by atoms with Crippen LogP contribution in [0.4, 0.5) is 21.1 Å². The summed E-state index contributed by atoms with van der Waals surface area (Å²) in [5.74, 6) is 0.873. The van der Waals surface area contributed by atoms with Crippen LogP contribution in [0.1, 0.15) is 24.1 Å². The molecule has 3 aromatic rings. The fourth-order valence-corrected chi connectivity index (χ4v) is 5.02. The summed E-state index contributed by atoms with van der Waals surface area (Å²) < 4.78 is 14.5. The second kappa shape index (κ2) is 11.8. The number of pyridine rings is 1. The molecule has 2 N–H and O–H groups in total. The molecule has 2 saturated heterocycles. The number of nitrogens with zero attached hydrogens (tertiary/aromatic N) is 7. The Bertz CT molecular complexity index is 1390. The Morgan fingerprint density at radius 3 is 2.62 bits per heavy atom. The minimum Gasteiger partial charge on any atom is -0.347 e. The van der Waals surface area contributed by atoms with E-state index in [2.05, 4.69) is 40.5 Å². The van der Waals surface area contributed by atoms with Crippen molar-refractivity contribution in [1.29, 1.82) is 0 Å². The van der Waals surface area contributed by atoms with Crippen LogP contribution in [0.15, 0.2) is 41.8 Å². The van der Waals surface area contributed by atoms with E-state index in [0.717, 1.165) is 49.8 Å². The highest BCUT2D eigenvalue weighted by Crippen LogP contribution is 2.26. The van der Waals surface area contributed by atoms with Gasteiger partial charge in [0.25, 0.3) is 11.1 Å². The number of nitrogens with one attached hydrogen (secondary N) is 2. The number of hydrogen-bond acceptors (Lipinski definition) is 11. The molecular formula is C26H28FN9O2S. The Morgan fingerprint density at radius 1 is 1.15 bits per heavy atom. The zero-order valence-electron chi connectivity index (χ0n) is 21.6. The minimum absolute atomic E-state index is 0.322. The summed E-state index contributed by atoms with van der Waals surface area (Å²) in [6.45, 7) is 2.73. The van der Waals surface area contributed by atoms with Crippen LogP contribution in [0, 0.1) is 11.7 Å². The van der Waals surface area contributed by atoms with Crippen LogP contribution >= 0.6 is 11.8 Å². The van der Waals surface area contributed by atoms with E-state index in [4.69, 9.17) is 0 Å². The number of amides is 2. The molecule has 0 radical (unpaired) electrons. The fraction of sp³-hybridized carbons (Fsp3) is 0.346. The lowest BCUT2D eigenvalue weighted by Gasteiger charge is -2.32. The SMILES string of the molecule is CN(C)c1ncc(-c2cc(CNCC3CCN(c4nccc(C=C5SC(=O)NC5=O)n4)CC3)c(F)cn2)cn1. The van der Waals surface area contributed by atoms with Gasteiger partial charge in [-0.25, -0.2) is 24.3 Å². The molecule has 39 heavy (non-hydrogen) atoms. The predicted octanol–water partition coefficient (Wildman–Crippen LogP) is 2.86. The summed E-state index contributed by atoms with van der Waals surface area (Å²) in [4.78, 5) is 49.2. The molecule has 0 atom stereocenters. The third-order valence-corrected chi connectivity index (χ3v) is 7.31. The minimum atomic E-state index is -0.408. The normalized spacial score (nSPS) is 17.1. The second-order valence-corrected chi connectivity index (χ2v) is 10.5. The zero-order valence-corrected chi connectivity index (χ0v) is 22.4. The van der Waals surface area contributed by atoms with Crippen molar-refractivity contribution in [3.63, 3.8) is 0 Å². The topological polar surface area (TPSA) is 129 Å². The number of hydrogen-bond donors (Lipinski definition) is 2. The maximum Gasteiger partial charge on any atom is 0.290 e. The summed E-state index contributed by atoms with van der Waals surface area (Å²) in [6, 6.07) is 3.45. The van der Waals surface area contributed by atoms with Crippen LogP contribution in [0.3, 0.4) is 0 Å². The molecular weight excluding hydrogens is 521 g/mol. The highest BCUT2D eigenvalue weighted by atomic mass is 32.2. The van der Waals surface area contributed by atoms with E-state index >= 15 is 0 Å². The predicted molar refractivity (Wildman–Crippen MR) is 147 cm³/mol. The average molecular weight is 550 g/mol. The lowest BCUT2D eigenvalue weighted by atomic mass is 9.97. The molecule has 3 aromatic heterocycles. The number of anilines is 2. The van der Waals surface area contributed by atoms with Crippen molar-refractivity contribution < 1.29 is 14.0 Å². The van der Waals surface area contributed by atoms with E-state index in [0.29, 0.717) is 46.2 Å². The molecule has 2 amide bonds. The van der Waals surface area contributed by atoms with Gasteiger partial charge in [0.15, 0.2) is 0 Å². The van der Waals surface area contributed by atoms with Crippen LogP contribution in [-0.4, -0.2) is 69.8 Å². The van der Waals surface area contributed by atoms with Gasteiger partial charge in [-0.1, -0.05) is 0 Å². The van der Waals surface area contributed by atoms with Gasteiger partial charge in [-0.3, -0.25) is 19.9 Å². The van der Waals surface area contributed by atoms with Crippen molar-refractivity contribution in [3.05, 3.63) is 58.9 Å². The van der Waals surface area contributed by atoms with Gasteiger partial charge in [0.2, 0.25) is 11.9 Å². The third-order valence-electron chi connectivity index (χ3n) is 6.50. The van der Waals surface area contributed by atoms with Crippen molar-refractivity contribution in [3.8, 4) is 11.3 Å². The molecule has 0 aromatic carbocycles. The monoisotopic (exact) mass is 549 g/mol. The van der Waals surface area contributed by atoms with Gasteiger partial charge in [0.1, 0.15) is 5.82 Å². The van der Waals surface area contributed by atoms with E-state index in [1.165, 1.54) is 6.20 Å². The van der Waals surface area contributed by atoms with E-state index in [-0.39, 0.29) is 11.1 Å². The first-order chi connectivity index (χ1) is 18.9. The first-order valence-electron chi connectivity index (χ1n) is 12.5. The van der Waals surface area contributed by atoms with Crippen molar-refractivity contribution in [2.24, 2.45) is 5.92 Å². The lowest BCUT2D eigenvalue weighted by molar-refractivity contribution is -0.115. The summed E-state index contributed by atoms with van der Waals surface area (Å²) in [5, 5.41) is 5.26. The molecule has 5 heterocycles. The van der Waals surface area contributed by atoms with Gasteiger partial charge in [-0.15, -0.1) is 0 Å². The second-order valence-electron chi connectivity index (χ2n) is 9.52. The Morgan fingerprint density at radius 2 is 1.92 bits per heavy atom. The number of piperidine rings is 1. The molecule has 2 fully saturated rings. The first-order valence-corrected chi connectivity index (χ1v) is 13.3. The molecule has 0 aliphatic carbocycles. The molecule has 0 bridgehead atoms. The highest BCUT2D eigenvalue weighted by Gasteiger charge is 2.26. The Balaban J connectivity index is 1.13. The van der Waals surface area contributed by atoms with E-state index in [1.54, 1.807) is 36.8 Å². The number of thioether (sulfide) groups is 1. The summed E-state index contributed by atoms with van der Waals surface area (Å²) >= 11 is 0.864.